The molecular formula is C30H31F5N8O3. The molecule has 0 amide bonds. The van der Waals surface area contributed by atoms with Crippen LogP contribution in [0.1, 0.15) is 55.6 Å². The molecular weight excluding hydrogens is 615 g/mol. The van der Waals surface area contributed by atoms with Crippen molar-refractivity contribution in [3.8, 4) is 0 Å². The smallest absolute Gasteiger partial charge is 0.419 e. The highest BCUT2D eigenvalue weighted by molar-refractivity contribution is 5.98. The summed E-state index contributed by atoms with van der Waals surface area (Å²) in [6, 6.07) is 3.58. The second-order valence-corrected chi connectivity index (χ2v) is 11.7. The Bertz CT molecular complexity index is 1730. The van der Waals surface area contributed by atoms with E-state index in [0.717, 1.165) is 18.5 Å². The molecule has 244 valence electrons. The third-order valence-electron chi connectivity index (χ3n) is 7.19. The molecule has 4 aromatic rings. The molecule has 2 N–H and O–H groups in total. The van der Waals surface area contributed by atoms with Gasteiger partial charge in [-0.25, -0.2) is 28.7 Å². The van der Waals surface area contributed by atoms with Crippen LogP contribution in [0.4, 0.5) is 39.4 Å². The number of aromatic nitrogens is 5. The van der Waals surface area contributed by atoms with Gasteiger partial charge in [-0.3, -0.25) is 14.9 Å². The molecule has 16 heteroatoms. The van der Waals surface area contributed by atoms with E-state index in [1.165, 1.54) is 24.7 Å². The SMILES string of the molecule is CC(C)(C)OC(=O)CNCC(=O)c1ccc(Nc2ncnc3c2c(F)cn3C2CCN(c3ncc(C(F)(F)F)cn3)CC2)c(F)c1. The third kappa shape index (κ3) is 7.55. The Hall–Kier alpha value is -4.73. The fraction of sp³-hybridized carbons (Fsp3) is 0.400. The Balaban J connectivity index is 1.24. The number of hydrogen-bond donors (Lipinski definition) is 2. The second-order valence-electron chi connectivity index (χ2n) is 11.7. The predicted molar refractivity (Wildman–Crippen MR) is 158 cm³/mol. The summed E-state index contributed by atoms with van der Waals surface area (Å²) in [5.74, 6) is -2.18. The number of hydrogen-bond acceptors (Lipinski definition) is 10. The van der Waals surface area contributed by atoms with E-state index in [1.54, 1.807) is 30.2 Å². The van der Waals surface area contributed by atoms with E-state index in [-0.39, 0.29) is 53.2 Å². The van der Waals surface area contributed by atoms with E-state index in [2.05, 4.69) is 30.6 Å². The second kappa shape index (κ2) is 12.9. The average Bonchev–Trinajstić information content (AvgIpc) is 3.34. The maximum absolute atomic E-state index is 15.3. The lowest BCUT2D eigenvalue weighted by molar-refractivity contribution is -0.153. The molecule has 46 heavy (non-hydrogen) atoms. The first-order chi connectivity index (χ1) is 21.7. The number of Topliss-reactive ketones (excluding diaryl/α,β-unsaturated/α-hetero) is 1. The van der Waals surface area contributed by atoms with Gasteiger partial charge in [0, 0.05) is 43.3 Å². The molecule has 0 bridgehead atoms. The highest BCUT2D eigenvalue weighted by atomic mass is 19.4. The summed E-state index contributed by atoms with van der Waals surface area (Å²) in [5.41, 5.74) is -1.29. The zero-order valence-corrected chi connectivity index (χ0v) is 25.2. The Labute approximate surface area is 260 Å². The molecule has 1 aromatic carbocycles. The molecule has 11 nitrogen and oxygen atoms in total. The van der Waals surface area contributed by atoms with Crippen LogP contribution in [0.3, 0.4) is 0 Å². The summed E-state index contributed by atoms with van der Waals surface area (Å²) in [4.78, 5) is 42.2. The molecule has 5 rings (SSSR count). The van der Waals surface area contributed by atoms with Crippen molar-refractivity contribution < 1.29 is 36.3 Å². The van der Waals surface area contributed by atoms with Crippen LogP contribution in [0.25, 0.3) is 11.0 Å². The van der Waals surface area contributed by atoms with Crippen LogP contribution in [0.15, 0.2) is 43.1 Å². The number of ketones is 1. The van der Waals surface area contributed by atoms with Crippen LogP contribution in [-0.2, 0) is 15.7 Å². The standard InChI is InChI=1S/C30H31F5N8O3/c1-29(2,3)46-24(45)14-36-13-23(44)17-4-5-22(20(31)10-17)41-26-25-21(32)15-43(27(25)40-16-39-26)19-6-8-42(9-7-19)28-37-11-18(12-38-28)30(33,34)35/h4-5,10-12,15-16,19,36H,6-9,13-14H2,1-3H3,(H,39,40,41). The Morgan fingerprint density at radius 1 is 0.978 bits per heavy atom. The lowest BCUT2D eigenvalue weighted by Gasteiger charge is -2.32. The van der Waals surface area contributed by atoms with Gasteiger partial charge in [0.1, 0.15) is 29.2 Å². The molecule has 1 aliphatic rings. The molecule has 0 atom stereocenters. The quantitative estimate of drug-likeness (QED) is 0.142. The van der Waals surface area contributed by atoms with E-state index in [1.807, 2.05) is 0 Å². The normalized spacial score (nSPS) is 14.5. The van der Waals surface area contributed by atoms with Crippen LogP contribution in [-0.4, -0.2) is 68.0 Å². The summed E-state index contributed by atoms with van der Waals surface area (Å²) in [6.45, 7) is 5.60. The van der Waals surface area contributed by atoms with Gasteiger partial charge in [0.15, 0.2) is 11.6 Å². The number of carbonyl (C=O) groups is 2. The van der Waals surface area contributed by atoms with Crippen molar-refractivity contribution in [2.24, 2.45) is 0 Å². The van der Waals surface area contributed by atoms with Crippen LogP contribution in [0, 0.1) is 11.6 Å². The maximum atomic E-state index is 15.3. The fourth-order valence-electron chi connectivity index (χ4n) is 5.06. The number of benzene rings is 1. The van der Waals surface area contributed by atoms with E-state index < -0.39 is 40.7 Å². The minimum absolute atomic E-state index is 0.0221. The van der Waals surface area contributed by atoms with Crippen molar-refractivity contribution >= 4 is 40.2 Å². The zero-order valence-electron chi connectivity index (χ0n) is 25.2. The highest BCUT2D eigenvalue weighted by Gasteiger charge is 2.32. The van der Waals surface area contributed by atoms with E-state index in [0.29, 0.717) is 25.9 Å². The van der Waals surface area contributed by atoms with Crippen molar-refractivity contribution in [1.29, 1.82) is 0 Å². The number of nitrogens with one attached hydrogen (secondary N) is 2. The summed E-state index contributed by atoms with van der Waals surface area (Å²) in [7, 11) is 0. The van der Waals surface area contributed by atoms with Crippen molar-refractivity contribution in [2.45, 2.75) is 51.4 Å². The third-order valence-corrected chi connectivity index (χ3v) is 7.19. The first kappa shape index (κ1) is 32.7. The monoisotopic (exact) mass is 646 g/mol. The molecule has 1 aliphatic heterocycles. The van der Waals surface area contributed by atoms with Gasteiger partial charge in [-0.2, -0.15) is 13.2 Å². The van der Waals surface area contributed by atoms with Gasteiger partial charge in [0.05, 0.1) is 29.7 Å². The van der Waals surface area contributed by atoms with Gasteiger partial charge < -0.3 is 19.5 Å². The Kier molecular flexibility index (Phi) is 9.19. The van der Waals surface area contributed by atoms with E-state index in [4.69, 9.17) is 4.74 Å². The lowest BCUT2D eigenvalue weighted by atomic mass is 10.1. The van der Waals surface area contributed by atoms with Gasteiger partial charge in [-0.1, -0.05) is 0 Å². The minimum Gasteiger partial charge on any atom is -0.459 e. The Morgan fingerprint density at radius 2 is 1.67 bits per heavy atom. The topological polar surface area (TPSA) is 127 Å². The molecule has 0 saturated carbocycles. The summed E-state index contributed by atoms with van der Waals surface area (Å²) in [6.07, 6.45) is 0.497. The van der Waals surface area contributed by atoms with Crippen LogP contribution < -0.4 is 15.5 Å². The zero-order chi connectivity index (χ0) is 33.2. The van der Waals surface area contributed by atoms with Gasteiger partial charge in [0.25, 0.3) is 0 Å². The predicted octanol–water partition coefficient (Wildman–Crippen LogP) is 5.22. The number of nitrogens with zero attached hydrogens (tertiary/aromatic N) is 6. The minimum atomic E-state index is -4.53. The van der Waals surface area contributed by atoms with Gasteiger partial charge in [-0.15, -0.1) is 0 Å². The van der Waals surface area contributed by atoms with Crippen LogP contribution in [0.5, 0.6) is 0 Å². The number of fused-ring (bicyclic) bond motifs is 1. The molecule has 0 unspecified atom stereocenters. The number of rotatable bonds is 9. The van der Waals surface area contributed by atoms with Gasteiger partial charge in [-0.05, 0) is 51.8 Å². The summed E-state index contributed by atoms with van der Waals surface area (Å²) in [5, 5.41) is 5.52. The number of alkyl halides is 3. The van der Waals surface area contributed by atoms with Gasteiger partial charge >= 0.3 is 12.1 Å². The molecule has 0 aliphatic carbocycles. The van der Waals surface area contributed by atoms with E-state index >= 15 is 8.78 Å². The van der Waals surface area contributed by atoms with Crippen molar-refractivity contribution in [2.75, 3.05) is 36.4 Å². The van der Waals surface area contributed by atoms with Crippen LogP contribution >= 0.6 is 0 Å². The number of ether oxygens (including phenoxy) is 1. The number of anilines is 3. The molecule has 4 heterocycles. The molecule has 3 aromatic heterocycles. The van der Waals surface area contributed by atoms with Crippen molar-refractivity contribution in [3.63, 3.8) is 0 Å². The number of carbonyl (C=O) groups excluding carboxylic acids is 2. The van der Waals surface area contributed by atoms with Crippen molar-refractivity contribution in [3.05, 3.63) is 65.9 Å². The van der Waals surface area contributed by atoms with Gasteiger partial charge in [0.2, 0.25) is 5.95 Å². The number of halogens is 5. The maximum Gasteiger partial charge on any atom is 0.419 e. The van der Waals surface area contributed by atoms with Crippen molar-refractivity contribution in [1.82, 2.24) is 29.8 Å². The first-order valence-corrected chi connectivity index (χ1v) is 14.4. The van der Waals surface area contributed by atoms with Crippen LogP contribution in [0.2, 0.25) is 0 Å². The molecule has 1 saturated heterocycles. The molecule has 0 radical (unpaired) electrons. The first-order valence-electron chi connectivity index (χ1n) is 14.4. The fourth-order valence-corrected chi connectivity index (χ4v) is 5.06. The summed E-state index contributed by atoms with van der Waals surface area (Å²) >= 11 is 0. The molecule has 0 spiro atoms. The number of esters is 1. The average molecular weight is 647 g/mol. The highest BCUT2D eigenvalue weighted by Crippen LogP contribution is 2.34. The summed E-state index contributed by atoms with van der Waals surface area (Å²) < 4.78 is 75.8. The largest absolute Gasteiger partial charge is 0.459 e. The number of piperidine rings is 1. The lowest BCUT2D eigenvalue weighted by Crippen LogP contribution is -2.35. The molecule has 1 fully saturated rings. The Morgan fingerprint density at radius 3 is 2.30 bits per heavy atom. The van der Waals surface area contributed by atoms with E-state index in [9.17, 15) is 22.8 Å².